The van der Waals surface area contributed by atoms with E-state index in [-0.39, 0.29) is 5.56 Å². The molecule has 0 spiro atoms. The Balaban J connectivity index is 2.11. The van der Waals surface area contributed by atoms with Crippen LogP contribution in [0, 0.1) is 15.9 Å². The molecule has 1 amide bonds. The molecule has 7 nitrogen and oxygen atoms in total. The minimum Gasteiger partial charge on any atom is -0.297 e. The number of rotatable bonds is 5. The molecular weight excluding hydrogens is 311 g/mol. The van der Waals surface area contributed by atoms with Crippen LogP contribution in [0.3, 0.4) is 0 Å². The van der Waals surface area contributed by atoms with Gasteiger partial charge in [-0.3, -0.25) is 20.2 Å². The molecule has 0 saturated carbocycles. The first kappa shape index (κ1) is 15.7. The first-order chi connectivity index (χ1) is 10.5. The lowest BCUT2D eigenvalue weighted by Gasteiger charge is -1.98. The Labute approximate surface area is 128 Å². The SMILES string of the molecule is CCc1nnc(NC(=O)C=Cc2ccc(F)cc2[N+](=O)[O-])s1. The zero-order valence-electron chi connectivity index (χ0n) is 11.4. The predicted molar refractivity (Wildman–Crippen MR) is 80.0 cm³/mol. The summed E-state index contributed by atoms with van der Waals surface area (Å²) in [5.41, 5.74) is -0.277. The molecule has 2 rings (SSSR count). The summed E-state index contributed by atoms with van der Waals surface area (Å²) in [5.74, 6) is -1.22. The van der Waals surface area contributed by atoms with Gasteiger partial charge in [-0.25, -0.2) is 4.39 Å². The maximum Gasteiger partial charge on any atom is 0.279 e. The maximum absolute atomic E-state index is 13.0. The molecule has 0 fully saturated rings. The van der Waals surface area contributed by atoms with Gasteiger partial charge in [0, 0.05) is 6.08 Å². The number of hydrogen-bond donors (Lipinski definition) is 1. The molecule has 0 saturated heterocycles. The van der Waals surface area contributed by atoms with E-state index in [2.05, 4.69) is 15.5 Å². The lowest BCUT2D eigenvalue weighted by atomic mass is 10.1. The topological polar surface area (TPSA) is 98.0 Å². The van der Waals surface area contributed by atoms with Crippen molar-refractivity contribution in [2.75, 3.05) is 5.32 Å². The van der Waals surface area contributed by atoms with Gasteiger partial charge in [-0.2, -0.15) is 0 Å². The number of nitrogens with zero attached hydrogens (tertiary/aromatic N) is 3. The van der Waals surface area contributed by atoms with Crippen LogP contribution in [0.2, 0.25) is 0 Å². The number of hydrogen-bond acceptors (Lipinski definition) is 6. The summed E-state index contributed by atoms with van der Waals surface area (Å²) in [5, 5.41) is 22.1. The lowest BCUT2D eigenvalue weighted by Crippen LogP contribution is -2.07. The number of aromatic nitrogens is 2. The maximum atomic E-state index is 13.0. The lowest BCUT2D eigenvalue weighted by molar-refractivity contribution is -0.385. The van der Waals surface area contributed by atoms with Gasteiger partial charge in [-0.1, -0.05) is 18.3 Å². The molecule has 0 bridgehead atoms. The number of aryl methyl sites for hydroxylation is 1. The summed E-state index contributed by atoms with van der Waals surface area (Å²) in [6.45, 7) is 1.92. The standard InChI is InChI=1S/C13H11FN4O3S/c1-2-12-16-17-13(22-12)15-11(19)6-4-8-3-5-9(14)7-10(8)18(20)21/h3-7H,2H2,1H3,(H,15,17,19). The second-order valence-corrected chi connectivity index (χ2v) is 5.20. The molecule has 1 aromatic carbocycles. The van der Waals surface area contributed by atoms with Crippen molar-refractivity contribution in [1.29, 1.82) is 0 Å². The van der Waals surface area contributed by atoms with Crippen molar-refractivity contribution < 1.29 is 14.1 Å². The number of benzene rings is 1. The second-order valence-electron chi connectivity index (χ2n) is 4.14. The van der Waals surface area contributed by atoms with E-state index in [0.29, 0.717) is 11.6 Å². The molecule has 0 aliphatic heterocycles. The van der Waals surface area contributed by atoms with Gasteiger partial charge >= 0.3 is 0 Å². The summed E-state index contributed by atoms with van der Waals surface area (Å²) in [4.78, 5) is 21.9. The summed E-state index contributed by atoms with van der Waals surface area (Å²) < 4.78 is 13.0. The number of amides is 1. The summed E-state index contributed by atoms with van der Waals surface area (Å²) >= 11 is 1.25. The molecule has 22 heavy (non-hydrogen) atoms. The molecular formula is C13H11FN4O3S. The average Bonchev–Trinajstić information content (AvgIpc) is 2.93. The molecule has 1 N–H and O–H groups in total. The number of halogens is 1. The molecule has 1 heterocycles. The quantitative estimate of drug-likeness (QED) is 0.518. The highest BCUT2D eigenvalue weighted by Crippen LogP contribution is 2.21. The van der Waals surface area contributed by atoms with Crippen molar-refractivity contribution in [3.8, 4) is 0 Å². The Morgan fingerprint density at radius 1 is 1.50 bits per heavy atom. The van der Waals surface area contributed by atoms with E-state index in [0.717, 1.165) is 23.2 Å². The molecule has 0 atom stereocenters. The van der Waals surface area contributed by atoms with Crippen molar-refractivity contribution in [2.45, 2.75) is 13.3 Å². The van der Waals surface area contributed by atoms with Gasteiger partial charge in [0.15, 0.2) is 0 Å². The summed E-state index contributed by atoms with van der Waals surface area (Å²) in [7, 11) is 0. The van der Waals surface area contributed by atoms with Gasteiger partial charge in [-0.05, 0) is 24.6 Å². The van der Waals surface area contributed by atoms with Gasteiger partial charge in [0.25, 0.3) is 5.69 Å². The fourth-order valence-electron chi connectivity index (χ4n) is 1.58. The molecule has 0 aliphatic rings. The van der Waals surface area contributed by atoms with Crippen LogP contribution in [-0.4, -0.2) is 21.0 Å². The van der Waals surface area contributed by atoms with Crippen LogP contribution in [0.4, 0.5) is 15.2 Å². The fourth-order valence-corrected chi connectivity index (χ4v) is 2.26. The summed E-state index contributed by atoms with van der Waals surface area (Å²) in [6, 6.07) is 3.12. The third-order valence-corrected chi connectivity index (χ3v) is 3.59. The van der Waals surface area contributed by atoms with E-state index >= 15 is 0 Å². The van der Waals surface area contributed by atoms with Crippen LogP contribution >= 0.6 is 11.3 Å². The molecule has 1 aromatic heterocycles. The predicted octanol–water partition coefficient (Wildman–Crippen LogP) is 2.80. The van der Waals surface area contributed by atoms with Crippen LogP contribution in [0.25, 0.3) is 6.08 Å². The van der Waals surface area contributed by atoms with E-state index in [4.69, 9.17) is 0 Å². The largest absolute Gasteiger partial charge is 0.297 e. The van der Waals surface area contributed by atoms with Gasteiger partial charge < -0.3 is 0 Å². The molecule has 9 heteroatoms. The first-order valence-corrected chi connectivity index (χ1v) is 7.06. The first-order valence-electron chi connectivity index (χ1n) is 6.25. The zero-order chi connectivity index (χ0) is 16.1. The smallest absolute Gasteiger partial charge is 0.279 e. The number of nitro groups is 1. The number of anilines is 1. The highest BCUT2D eigenvalue weighted by Gasteiger charge is 2.13. The average molecular weight is 322 g/mol. The van der Waals surface area contributed by atoms with E-state index in [1.54, 1.807) is 0 Å². The number of carbonyl (C=O) groups excluding carboxylic acids is 1. The van der Waals surface area contributed by atoms with Crippen LogP contribution in [0.1, 0.15) is 17.5 Å². The normalized spacial score (nSPS) is 10.8. The number of carbonyl (C=O) groups is 1. The van der Waals surface area contributed by atoms with Crippen molar-refractivity contribution in [3.63, 3.8) is 0 Å². The van der Waals surface area contributed by atoms with Crippen molar-refractivity contribution in [3.05, 3.63) is 50.8 Å². The monoisotopic (exact) mass is 322 g/mol. The van der Waals surface area contributed by atoms with Gasteiger partial charge in [0.05, 0.1) is 16.6 Å². The van der Waals surface area contributed by atoms with E-state index < -0.39 is 22.3 Å². The second kappa shape index (κ2) is 6.85. The minimum atomic E-state index is -0.714. The van der Waals surface area contributed by atoms with Gasteiger partial charge in [-0.15, -0.1) is 10.2 Å². The molecule has 114 valence electrons. The van der Waals surface area contributed by atoms with Crippen LogP contribution in [-0.2, 0) is 11.2 Å². The van der Waals surface area contributed by atoms with Crippen LogP contribution in [0.15, 0.2) is 24.3 Å². The van der Waals surface area contributed by atoms with Crippen molar-refractivity contribution in [2.24, 2.45) is 0 Å². The highest BCUT2D eigenvalue weighted by atomic mass is 32.1. The molecule has 0 radical (unpaired) electrons. The fraction of sp³-hybridized carbons (Fsp3) is 0.154. The molecule has 0 unspecified atom stereocenters. The minimum absolute atomic E-state index is 0.132. The summed E-state index contributed by atoms with van der Waals surface area (Å²) in [6.07, 6.45) is 3.08. The molecule has 2 aromatic rings. The van der Waals surface area contributed by atoms with Gasteiger partial charge in [0.1, 0.15) is 10.8 Å². The Morgan fingerprint density at radius 3 is 2.91 bits per heavy atom. The number of nitrogens with one attached hydrogen (secondary N) is 1. The van der Waals surface area contributed by atoms with Crippen molar-refractivity contribution >= 4 is 34.1 Å². The van der Waals surface area contributed by atoms with Crippen LogP contribution in [0.5, 0.6) is 0 Å². The Hall–Kier alpha value is -2.68. The number of nitro benzene ring substituents is 1. The third-order valence-electron chi connectivity index (χ3n) is 2.60. The zero-order valence-corrected chi connectivity index (χ0v) is 12.3. The van der Waals surface area contributed by atoms with Crippen molar-refractivity contribution in [1.82, 2.24) is 10.2 Å². The van der Waals surface area contributed by atoms with Gasteiger partial charge in [0.2, 0.25) is 11.0 Å². The molecule has 0 aliphatic carbocycles. The highest BCUT2D eigenvalue weighted by molar-refractivity contribution is 7.15. The Morgan fingerprint density at radius 2 is 2.27 bits per heavy atom. The van der Waals surface area contributed by atoms with E-state index in [1.807, 2.05) is 6.92 Å². The Bertz CT molecular complexity index is 745. The van der Waals surface area contributed by atoms with E-state index in [1.165, 1.54) is 23.5 Å². The van der Waals surface area contributed by atoms with E-state index in [9.17, 15) is 19.3 Å². The third kappa shape index (κ3) is 3.92. The van der Waals surface area contributed by atoms with Crippen LogP contribution < -0.4 is 5.32 Å². The Kier molecular flexibility index (Phi) is 4.89.